The molecule has 4 nitrogen and oxygen atoms in total. The number of esters is 1. The third-order valence-electron chi connectivity index (χ3n) is 1.84. The molecule has 13 heavy (non-hydrogen) atoms. The summed E-state index contributed by atoms with van der Waals surface area (Å²) in [4.78, 5) is 11.0. The Kier molecular flexibility index (Phi) is 3.69. The van der Waals surface area contributed by atoms with Crippen LogP contribution in [0.25, 0.3) is 0 Å². The van der Waals surface area contributed by atoms with Crippen molar-refractivity contribution in [2.45, 2.75) is 45.6 Å². The van der Waals surface area contributed by atoms with E-state index in [1.165, 1.54) is 0 Å². The number of nitrogens with one attached hydrogen (secondary N) is 1. The molecule has 0 amide bonds. The van der Waals surface area contributed by atoms with Gasteiger partial charge in [-0.05, 0) is 6.92 Å². The number of rotatable bonds is 4. The van der Waals surface area contributed by atoms with Crippen LogP contribution in [-0.4, -0.2) is 30.9 Å². The van der Waals surface area contributed by atoms with Gasteiger partial charge in [0.2, 0.25) is 6.29 Å². The van der Waals surface area contributed by atoms with E-state index in [1.807, 2.05) is 20.8 Å². The summed E-state index contributed by atoms with van der Waals surface area (Å²) >= 11 is 0. The molecule has 0 spiro atoms. The number of hydrogen-bond donors (Lipinski definition) is 1. The van der Waals surface area contributed by atoms with Crippen molar-refractivity contribution in [3.05, 3.63) is 0 Å². The average Bonchev–Trinajstić information content (AvgIpc) is 2.31. The van der Waals surface area contributed by atoms with E-state index in [-0.39, 0.29) is 12.0 Å². The quantitative estimate of drug-likeness (QED) is 0.657. The van der Waals surface area contributed by atoms with Gasteiger partial charge in [0.15, 0.2) is 0 Å². The normalized spacial score (nSPS) is 28.2. The summed E-state index contributed by atoms with van der Waals surface area (Å²) < 4.78 is 10.3. The Morgan fingerprint density at radius 3 is 2.92 bits per heavy atom. The summed E-state index contributed by atoms with van der Waals surface area (Å²) in [7, 11) is 0. The molecule has 1 aliphatic rings. The van der Waals surface area contributed by atoms with E-state index in [9.17, 15) is 4.79 Å². The molecule has 4 heteroatoms. The first-order valence-corrected chi connectivity index (χ1v) is 4.70. The highest BCUT2D eigenvalue weighted by Gasteiger charge is 2.35. The van der Waals surface area contributed by atoms with E-state index in [4.69, 9.17) is 9.47 Å². The Hall–Kier alpha value is -0.610. The molecule has 0 aromatic heterocycles. The first kappa shape index (κ1) is 10.5. The molecule has 0 aliphatic carbocycles. The fourth-order valence-electron chi connectivity index (χ4n) is 1.42. The van der Waals surface area contributed by atoms with E-state index < -0.39 is 6.29 Å². The monoisotopic (exact) mass is 187 g/mol. The fraction of sp³-hybridized carbons (Fsp3) is 0.889. The molecule has 0 saturated carbocycles. The Balaban J connectivity index is 2.45. The van der Waals surface area contributed by atoms with Crippen LogP contribution in [0.1, 0.15) is 27.2 Å². The Bertz CT molecular complexity index is 182. The molecule has 2 unspecified atom stereocenters. The highest BCUT2D eigenvalue weighted by Crippen LogP contribution is 2.16. The van der Waals surface area contributed by atoms with Crippen molar-refractivity contribution in [2.75, 3.05) is 6.61 Å². The number of cyclic esters (lactones) is 1. The zero-order valence-corrected chi connectivity index (χ0v) is 8.37. The highest BCUT2D eigenvalue weighted by atomic mass is 16.7. The van der Waals surface area contributed by atoms with Gasteiger partial charge in [0.05, 0.1) is 12.5 Å². The van der Waals surface area contributed by atoms with Crippen LogP contribution in [0.2, 0.25) is 0 Å². The summed E-state index contributed by atoms with van der Waals surface area (Å²) in [5.74, 6) is -0.184. The van der Waals surface area contributed by atoms with Gasteiger partial charge in [-0.3, -0.25) is 4.79 Å². The van der Waals surface area contributed by atoms with Gasteiger partial charge in [0.1, 0.15) is 0 Å². The van der Waals surface area contributed by atoms with Crippen LogP contribution in [0, 0.1) is 0 Å². The minimum absolute atomic E-state index is 0.00690. The molecule has 1 N–H and O–H groups in total. The van der Waals surface area contributed by atoms with Gasteiger partial charge < -0.3 is 14.8 Å². The maximum atomic E-state index is 11.0. The SMILES string of the molecule is CCOC1OC(=O)CC1NC(C)C. The zero-order valence-electron chi connectivity index (χ0n) is 8.37. The number of carbonyl (C=O) groups excluding carboxylic acids is 1. The van der Waals surface area contributed by atoms with Crippen molar-refractivity contribution in [3.8, 4) is 0 Å². The van der Waals surface area contributed by atoms with Crippen LogP contribution in [0.3, 0.4) is 0 Å². The molecule has 1 heterocycles. The molecule has 1 fully saturated rings. The van der Waals surface area contributed by atoms with Crippen molar-refractivity contribution < 1.29 is 14.3 Å². The molecule has 0 radical (unpaired) electrons. The third kappa shape index (κ3) is 2.97. The van der Waals surface area contributed by atoms with E-state index in [2.05, 4.69) is 5.32 Å². The van der Waals surface area contributed by atoms with Gasteiger partial charge in [0, 0.05) is 12.6 Å². The van der Waals surface area contributed by atoms with Crippen LogP contribution in [0.5, 0.6) is 0 Å². The summed E-state index contributed by atoms with van der Waals surface area (Å²) in [6.45, 7) is 6.52. The second-order valence-corrected chi connectivity index (χ2v) is 3.45. The van der Waals surface area contributed by atoms with Gasteiger partial charge in [-0.25, -0.2) is 0 Å². The van der Waals surface area contributed by atoms with Crippen LogP contribution in [-0.2, 0) is 14.3 Å². The number of carbonyl (C=O) groups is 1. The van der Waals surface area contributed by atoms with E-state index in [0.717, 1.165) is 0 Å². The molecule has 0 aromatic carbocycles. The topological polar surface area (TPSA) is 47.6 Å². The molecule has 1 aliphatic heterocycles. The Labute approximate surface area is 78.6 Å². The number of ether oxygens (including phenoxy) is 2. The molecular formula is C9H17NO3. The van der Waals surface area contributed by atoms with Gasteiger partial charge in [-0.15, -0.1) is 0 Å². The number of hydrogen-bond acceptors (Lipinski definition) is 4. The smallest absolute Gasteiger partial charge is 0.309 e. The highest BCUT2D eigenvalue weighted by molar-refractivity contribution is 5.72. The van der Waals surface area contributed by atoms with Gasteiger partial charge >= 0.3 is 5.97 Å². The molecule has 2 atom stereocenters. The lowest BCUT2D eigenvalue weighted by Gasteiger charge is -2.20. The van der Waals surface area contributed by atoms with E-state index in [0.29, 0.717) is 19.1 Å². The molecule has 0 aromatic rings. The average molecular weight is 187 g/mol. The maximum absolute atomic E-state index is 11.0. The summed E-state index contributed by atoms with van der Waals surface area (Å²) in [6, 6.07) is 0.343. The minimum Gasteiger partial charge on any atom is -0.434 e. The van der Waals surface area contributed by atoms with Gasteiger partial charge in [-0.1, -0.05) is 13.8 Å². The van der Waals surface area contributed by atoms with E-state index >= 15 is 0 Å². The standard InChI is InChI=1S/C9H17NO3/c1-4-12-9-7(10-6(2)3)5-8(11)13-9/h6-7,9-10H,4-5H2,1-3H3. The third-order valence-corrected chi connectivity index (χ3v) is 1.84. The summed E-state index contributed by atoms with van der Waals surface area (Å²) in [5.41, 5.74) is 0. The van der Waals surface area contributed by atoms with Crippen LogP contribution in [0.4, 0.5) is 0 Å². The molecule has 76 valence electrons. The Morgan fingerprint density at radius 1 is 1.69 bits per heavy atom. The summed E-state index contributed by atoms with van der Waals surface area (Å²) in [5, 5.41) is 3.24. The summed E-state index contributed by atoms with van der Waals surface area (Å²) in [6.07, 6.45) is 0.00273. The van der Waals surface area contributed by atoms with Crippen molar-refractivity contribution >= 4 is 5.97 Å². The Morgan fingerprint density at radius 2 is 2.38 bits per heavy atom. The second kappa shape index (κ2) is 4.58. The van der Waals surface area contributed by atoms with E-state index in [1.54, 1.807) is 0 Å². The predicted octanol–water partition coefficient (Wildman–Crippen LogP) is 0.662. The lowest BCUT2D eigenvalue weighted by molar-refractivity contribution is -0.163. The first-order chi connectivity index (χ1) is 6.13. The predicted molar refractivity (Wildman–Crippen MR) is 48.2 cm³/mol. The van der Waals surface area contributed by atoms with Crippen LogP contribution >= 0.6 is 0 Å². The second-order valence-electron chi connectivity index (χ2n) is 3.45. The van der Waals surface area contributed by atoms with Crippen molar-refractivity contribution in [3.63, 3.8) is 0 Å². The fourth-order valence-corrected chi connectivity index (χ4v) is 1.42. The van der Waals surface area contributed by atoms with Gasteiger partial charge in [-0.2, -0.15) is 0 Å². The van der Waals surface area contributed by atoms with Gasteiger partial charge in [0.25, 0.3) is 0 Å². The lowest BCUT2D eigenvalue weighted by atomic mass is 10.2. The lowest BCUT2D eigenvalue weighted by Crippen LogP contribution is -2.41. The van der Waals surface area contributed by atoms with Crippen LogP contribution in [0.15, 0.2) is 0 Å². The minimum atomic E-state index is -0.403. The van der Waals surface area contributed by atoms with Crippen molar-refractivity contribution in [1.29, 1.82) is 0 Å². The largest absolute Gasteiger partial charge is 0.434 e. The van der Waals surface area contributed by atoms with Crippen molar-refractivity contribution in [1.82, 2.24) is 5.32 Å². The molecular weight excluding hydrogens is 170 g/mol. The molecule has 0 bridgehead atoms. The molecule has 1 rings (SSSR count). The zero-order chi connectivity index (χ0) is 9.84. The van der Waals surface area contributed by atoms with Crippen molar-refractivity contribution in [2.24, 2.45) is 0 Å². The molecule has 1 saturated heterocycles. The maximum Gasteiger partial charge on any atom is 0.309 e. The first-order valence-electron chi connectivity index (χ1n) is 4.70. The van der Waals surface area contributed by atoms with Crippen LogP contribution < -0.4 is 5.32 Å².